The van der Waals surface area contributed by atoms with Crippen LogP contribution in [0.5, 0.6) is 0 Å². The lowest BCUT2D eigenvalue weighted by Gasteiger charge is -2.19. The molecule has 3 fully saturated rings. The van der Waals surface area contributed by atoms with Crippen LogP contribution in [0.4, 0.5) is 5.82 Å². The van der Waals surface area contributed by atoms with Crippen molar-refractivity contribution in [2.24, 2.45) is 5.41 Å². The van der Waals surface area contributed by atoms with E-state index in [0.29, 0.717) is 11.5 Å². The van der Waals surface area contributed by atoms with Crippen molar-refractivity contribution < 1.29 is 0 Å². The first kappa shape index (κ1) is 14.7. The Kier molecular flexibility index (Phi) is 3.00. The normalized spacial score (nSPS) is 23.6. The molecule has 2 N–H and O–H groups in total. The minimum Gasteiger partial charge on any atom is -0.365 e. The first-order chi connectivity index (χ1) is 12.8. The molecule has 1 atom stereocenters. The number of fused-ring (bicyclic) bond motifs is 1. The fourth-order valence-electron chi connectivity index (χ4n) is 4.38. The van der Waals surface area contributed by atoms with E-state index in [-0.39, 0.29) is 0 Å². The molecule has 0 unspecified atom stereocenters. The lowest BCUT2D eigenvalue weighted by molar-refractivity contribution is 0.523. The summed E-state index contributed by atoms with van der Waals surface area (Å²) in [6.07, 6.45) is 9.46. The molecule has 3 aromatic rings. The first-order valence-corrected chi connectivity index (χ1v) is 9.73. The zero-order valence-corrected chi connectivity index (χ0v) is 14.8. The average Bonchev–Trinajstić information content (AvgIpc) is 3.57. The molecule has 2 saturated carbocycles. The van der Waals surface area contributed by atoms with Gasteiger partial charge in [0.2, 0.25) is 0 Å². The van der Waals surface area contributed by atoms with Gasteiger partial charge in [-0.05, 0) is 55.4 Å². The molecule has 3 aliphatic rings. The summed E-state index contributed by atoms with van der Waals surface area (Å²) in [5, 5.41) is 7.21. The third kappa shape index (κ3) is 2.34. The van der Waals surface area contributed by atoms with Crippen molar-refractivity contribution in [3.63, 3.8) is 0 Å². The van der Waals surface area contributed by atoms with Gasteiger partial charge in [0.1, 0.15) is 11.5 Å². The second kappa shape index (κ2) is 5.30. The summed E-state index contributed by atoms with van der Waals surface area (Å²) in [4.78, 5) is 9.49. The molecular formula is C21H23N5. The van der Waals surface area contributed by atoms with E-state index < -0.39 is 0 Å². The SMILES string of the molecule is c1cc(N[C@H]2CNCC23CC3)nc(-c2cnc3ccc(C4CC4)cn23)c1. The van der Waals surface area contributed by atoms with Crippen LogP contribution in [0.1, 0.15) is 37.2 Å². The number of imidazole rings is 1. The highest BCUT2D eigenvalue weighted by atomic mass is 15.1. The molecule has 0 amide bonds. The fourth-order valence-corrected chi connectivity index (χ4v) is 4.38. The minimum atomic E-state index is 0.472. The van der Waals surface area contributed by atoms with Crippen LogP contribution >= 0.6 is 0 Å². The van der Waals surface area contributed by atoms with E-state index in [0.717, 1.165) is 41.9 Å². The van der Waals surface area contributed by atoms with E-state index in [9.17, 15) is 0 Å². The predicted octanol–water partition coefficient (Wildman–Crippen LogP) is 3.44. The number of hydrogen-bond donors (Lipinski definition) is 2. The molecule has 5 heteroatoms. The quantitative estimate of drug-likeness (QED) is 0.761. The molecule has 1 spiro atoms. The second-order valence-corrected chi connectivity index (χ2v) is 8.21. The van der Waals surface area contributed by atoms with Gasteiger partial charge in [-0.15, -0.1) is 0 Å². The third-order valence-electron chi connectivity index (χ3n) is 6.37. The highest BCUT2D eigenvalue weighted by molar-refractivity contribution is 5.62. The van der Waals surface area contributed by atoms with Gasteiger partial charge in [-0.3, -0.25) is 4.40 Å². The van der Waals surface area contributed by atoms with E-state index >= 15 is 0 Å². The van der Waals surface area contributed by atoms with Gasteiger partial charge in [0.05, 0.1) is 17.6 Å². The summed E-state index contributed by atoms with van der Waals surface area (Å²) in [6.45, 7) is 2.17. The Morgan fingerprint density at radius 1 is 1.15 bits per heavy atom. The Balaban J connectivity index is 1.35. The Bertz CT molecular complexity index is 983. The standard InChI is InChI=1S/C21H23N5/c1-2-16(24-19(3-1)25-18-11-22-13-21(18)8-9-21)17-10-23-20-7-6-15(12-26(17)20)14-4-5-14/h1-3,6-7,10,12,14,18,22H,4-5,8-9,11,13H2,(H,24,25)/t18-/m0/s1. The van der Waals surface area contributed by atoms with Gasteiger partial charge in [0.25, 0.3) is 0 Å². The van der Waals surface area contributed by atoms with Crippen LogP contribution in [0.3, 0.4) is 0 Å². The Morgan fingerprint density at radius 2 is 2.08 bits per heavy atom. The number of pyridine rings is 2. The molecule has 5 nitrogen and oxygen atoms in total. The number of nitrogens with one attached hydrogen (secondary N) is 2. The number of hydrogen-bond acceptors (Lipinski definition) is 4. The Hall–Kier alpha value is -2.40. The molecule has 4 heterocycles. The van der Waals surface area contributed by atoms with Crippen LogP contribution in [-0.2, 0) is 0 Å². The molecule has 2 aliphatic carbocycles. The lowest BCUT2D eigenvalue weighted by atomic mass is 10.0. The van der Waals surface area contributed by atoms with Crippen LogP contribution in [0, 0.1) is 5.41 Å². The van der Waals surface area contributed by atoms with Gasteiger partial charge < -0.3 is 10.6 Å². The van der Waals surface area contributed by atoms with Crippen molar-refractivity contribution in [2.75, 3.05) is 18.4 Å². The van der Waals surface area contributed by atoms with E-state index in [1.165, 1.54) is 31.2 Å². The van der Waals surface area contributed by atoms with Gasteiger partial charge in [0.15, 0.2) is 0 Å². The number of nitrogens with zero attached hydrogens (tertiary/aromatic N) is 3. The topological polar surface area (TPSA) is 54.2 Å². The monoisotopic (exact) mass is 345 g/mol. The first-order valence-electron chi connectivity index (χ1n) is 9.73. The van der Waals surface area contributed by atoms with Crippen LogP contribution < -0.4 is 10.6 Å². The Morgan fingerprint density at radius 3 is 2.92 bits per heavy atom. The summed E-state index contributed by atoms with van der Waals surface area (Å²) in [6, 6.07) is 11.1. The van der Waals surface area contributed by atoms with Crippen LogP contribution in [-0.4, -0.2) is 33.5 Å². The largest absolute Gasteiger partial charge is 0.365 e. The molecule has 6 rings (SSSR count). The maximum Gasteiger partial charge on any atom is 0.137 e. The van der Waals surface area contributed by atoms with Gasteiger partial charge in [-0.1, -0.05) is 12.1 Å². The zero-order valence-electron chi connectivity index (χ0n) is 14.8. The number of aromatic nitrogens is 3. The maximum absolute atomic E-state index is 4.91. The van der Waals surface area contributed by atoms with Crippen molar-refractivity contribution >= 4 is 11.5 Å². The third-order valence-corrected chi connectivity index (χ3v) is 6.37. The summed E-state index contributed by atoms with van der Waals surface area (Å²) >= 11 is 0. The van der Waals surface area contributed by atoms with Gasteiger partial charge in [0, 0.05) is 30.7 Å². The van der Waals surface area contributed by atoms with Crippen molar-refractivity contribution in [3.05, 3.63) is 48.3 Å². The van der Waals surface area contributed by atoms with E-state index in [2.05, 4.69) is 56.5 Å². The van der Waals surface area contributed by atoms with Crippen molar-refractivity contribution in [2.45, 2.75) is 37.6 Å². The van der Waals surface area contributed by atoms with E-state index in [1.54, 1.807) is 0 Å². The zero-order chi connectivity index (χ0) is 17.1. The summed E-state index contributed by atoms with van der Waals surface area (Å²) in [5.41, 5.74) is 4.92. The summed E-state index contributed by atoms with van der Waals surface area (Å²) in [5.74, 6) is 1.70. The molecule has 3 aromatic heterocycles. The Labute approximate surface area is 152 Å². The fraction of sp³-hybridized carbons (Fsp3) is 0.429. The number of anilines is 1. The van der Waals surface area contributed by atoms with E-state index in [1.807, 2.05) is 6.20 Å². The van der Waals surface area contributed by atoms with Gasteiger partial charge >= 0.3 is 0 Å². The molecule has 0 bridgehead atoms. The molecule has 26 heavy (non-hydrogen) atoms. The average molecular weight is 345 g/mol. The summed E-state index contributed by atoms with van der Waals surface area (Å²) < 4.78 is 2.19. The predicted molar refractivity (Wildman–Crippen MR) is 102 cm³/mol. The molecule has 1 aliphatic heterocycles. The molecule has 0 radical (unpaired) electrons. The highest BCUT2D eigenvalue weighted by Crippen LogP contribution is 2.51. The van der Waals surface area contributed by atoms with Crippen LogP contribution in [0.25, 0.3) is 17.0 Å². The summed E-state index contributed by atoms with van der Waals surface area (Å²) in [7, 11) is 0. The maximum atomic E-state index is 4.91. The van der Waals surface area contributed by atoms with E-state index in [4.69, 9.17) is 4.98 Å². The highest BCUT2D eigenvalue weighted by Gasteiger charge is 2.52. The molecular weight excluding hydrogens is 322 g/mol. The smallest absolute Gasteiger partial charge is 0.137 e. The van der Waals surface area contributed by atoms with Crippen molar-refractivity contribution in [1.82, 2.24) is 19.7 Å². The molecule has 0 aromatic carbocycles. The second-order valence-electron chi connectivity index (χ2n) is 8.21. The van der Waals surface area contributed by atoms with Gasteiger partial charge in [-0.2, -0.15) is 0 Å². The van der Waals surface area contributed by atoms with Gasteiger partial charge in [-0.25, -0.2) is 9.97 Å². The van der Waals surface area contributed by atoms with Crippen molar-refractivity contribution in [1.29, 1.82) is 0 Å². The van der Waals surface area contributed by atoms with Crippen LogP contribution in [0.15, 0.2) is 42.7 Å². The molecule has 1 saturated heterocycles. The molecule has 132 valence electrons. The van der Waals surface area contributed by atoms with Crippen LogP contribution in [0.2, 0.25) is 0 Å². The lowest BCUT2D eigenvalue weighted by Crippen LogP contribution is -2.29. The number of rotatable bonds is 4. The minimum absolute atomic E-state index is 0.472. The van der Waals surface area contributed by atoms with Crippen molar-refractivity contribution in [3.8, 4) is 11.4 Å².